The first-order chi connectivity index (χ1) is 9.08. The zero-order chi connectivity index (χ0) is 14.3. The van der Waals surface area contributed by atoms with E-state index >= 15 is 0 Å². The SMILES string of the molecule is CCOCC(Nc1ccc(C(=O)OC)nn1)C(C)C. The summed E-state index contributed by atoms with van der Waals surface area (Å²) in [5.41, 5.74) is 0.193. The predicted octanol–water partition coefficient (Wildman–Crippen LogP) is 1.74. The van der Waals surface area contributed by atoms with Crippen LogP contribution in [0.25, 0.3) is 0 Å². The van der Waals surface area contributed by atoms with Gasteiger partial charge in [0, 0.05) is 6.61 Å². The molecule has 0 saturated heterocycles. The Balaban J connectivity index is 2.66. The molecule has 0 aliphatic rings. The molecule has 1 heterocycles. The lowest BCUT2D eigenvalue weighted by atomic mass is 10.1. The lowest BCUT2D eigenvalue weighted by molar-refractivity contribution is 0.0592. The van der Waals surface area contributed by atoms with E-state index in [4.69, 9.17) is 4.74 Å². The van der Waals surface area contributed by atoms with Gasteiger partial charge in [0.05, 0.1) is 19.8 Å². The van der Waals surface area contributed by atoms with Crippen molar-refractivity contribution in [2.75, 3.05) is 25.6 Å². The van der Waals surface area contributed by atoms with E-state index in [9.17, 15) is 4.79 Å². The van der Waals surface area contributed by atoms with Gasteiger partial charge in [-0.2, -0.15) is 0 Å². The fourth-order valence-electron chi connectivity index (χ4n) is 1.46. The highest BCUT2D eigenvalue weighted by atomic mass is 16.5. The summed E-state index contributed by atoms with van der Waals surface area (Å²) < 4.78 is 9.99. The molecule has 0 bridgehead atoms. The van der Waals surface area contributed by atoms with E-state index in [1.54, 1.807) is 12.1 Å². The van der Waals surface area contributed by atoms with Crippen molar-refractivity contribution in [3.05, 3.63) is 17.8 Å². The number of ether oxygens (including phenoxy) is 2. The molecule has 0 fully saturated rings. The summed E-state index contributed by atoms with van der Waals surface area (Å²) in [4.78, 5) is 11.2. The summed E-state index contributed by atoms with van der Waals surface area (Å²) in [6.45, 7) is 7.45. The number of nitrogens with one attached hydrogen (secondary N) is 1. The maximum atomic E-state index is 11.2. The molecule has 6 heteroatoms. The lowest BCUT2D eigenvalue weighted by Crippen LogP contribution is -2.31. The summed E-state index contributed by atoms with van der Waals surface area (Å²) in [5.74, 6) is 0.522. The minimum Gasteiger partial charge on any atom is -0.464 e. The predicted molar refractivity (Wildman–Crippen MR) is 72.1 cm³/mol. The fraction of sp³-hybridized carbons (Fsp3) is 0.615. The van der Waals surface area contributed by atoms with Gasteiger partial charge in [-0.15, -0.1) is 10.2 Å². The summed E-state index contributed by atoms with van der Waals surface area (Å²) in [6, 6.07) is 3.44. The van der Waals surface area contributed by atoms with Crippen LogP contribution in [0, 0.1) is 5.92 Å². The summed E-state index contributed by atoms with van der Waals surface area (Å²) in [7, 11) is 1.31. The van der Waals surface area contributed by atoms with Crippen molar-refractivity contribution in [3.63, 3.8) is 0 Å². The second-order valence-corrected chi connectivity index (χ2v) is 4.45. The number of hydrogen-bond acceptors (Lipinski definition) is 6. The first kappa shape index (κ1) is 15.4. The topological polar surface area (TPSA) is 73.3 Å². The van der Waals surface area contributed by atoms with Crippen LogP contribution in [0.3, 0.4) is 0 Å². The molecular weight excluding hydrogens is 246 g/mol. The average Bonchev–Trinajstić information content (AvgIpc) is 2.43. The number of carbonyl (C=O) groups is 1. The first-order valence-corrected chi connectivity index (χ1v) is 6.34. The van der Waals surface area contributed by atoms with Gasteiger partial charge in [0.15, 0.2) is 5.69 Å². The van der Waals surface area contributed by atoms with Gasteiger partial charge in [0.25, 0.3) is 0 Å². The second-order valence-electron chi connectivity index (χ2n) is 4.45. The Morgan fingerprint density at radius 3 is 2.58 bits per heavy atom. The van der Waals surface area contributed by atoms with Gasteiger partial charge in [-0.25, -0.2) is 4.79 Å². The van der Waals surface area contributed by atoms with Crippen molar-refractivity contribution in [2.24, 2.45) is 5.92 Å². The molecule has 0 saturated carbocycles. The summed E-state index contributed by atoms with van der Waals surface area (Å²) >= 11 is 0. The molecule has 0 radical (unpaired) electrons. The van der Waals surface area contributed by atoms with Gasteiger partial charge in [-0.1, -0.05) is 13.8 Å². The van der Waals surface area contributed by atoms with Gasteiger partial charge in [0.2, 0.25) is 0 Å². The van der Waals surface area contributed by atoms with Crippen molar-refractivity contribution in [2.45, 2.75) is 26.8 Å². The molecule has 1 rings (SSSR count). The van der Waals surface area contributed by atoms with Gasteiger partial charge in [0.1, 0.15) is 5.82 Å². The summed E-state index contributed by atoms with van der Waals surface area (Å²) in [5, 5.41) is 11.0. The van der Waals surface area contributed by atoms with Crippen LogP contribution in [0.15, 0.2) is 12.1 Å². The number of nitrogens with zero attached hydrogens (tertiary/aromatic N) is 2. The van der Waals surface area contributed by atoms with E-state index < -0.39 is 5.97 Å². The van der Waals surface area contributed by atoms with Crippen LogP contribution in [0.4, 0.5) is 5.82 Å². The lowest BCUT2D eigenvalue weighted by Gasteiger charge is -2.22. The maximum absolute atomic E-state index is 11.2. The van der Waals surface area contributed by atoms with E-state index in [1.807, 2.05) is 6.92 Å². The van der Waals surface area contributed by atoms with Crippen LogP contribution in [-0.4, -0.2) is 42.5 Å². The molecule has 0 aliphatic heterocycles. The zero-order valence-corrected chi connectivity index (χ0v) is 11.8. The number of esters is 1. The highest BCUT2D eigenvalue weighted by molar-refractivity contribution is 5.86. The normalized spacial score (nSPS) is 12.3. The van der Waals surface area contributed by atoms with Crippen LogP contribution in [-0.2, 0) is 9.47 Å². The number of anilines is 1. The van der Waals surface area contributed by atoms with E-state index in [1.165, 1.54) is 7.11 Å². The first-order valence-electron chi connectivity index (χ1n) is 6.34. The smallest absolute Gasteiger partial charge is 0.358 e. The molecule has 1 N–H and O–H groups in total. The molecule has 19 heavy (non-hydrogen) atoms. The maximum Gasteiger partial charge on any atom is 0.358 e. The van der Waals surface area contributed by atoms with Crippen LogP contribution in [0.5, 0.6) is 0 Å². The number of rotatable bonds is 7. The Morgan fingerprint density at radius 2 is 2.11 bits per heavy atom. The van der Waals surface area contributed by atoms with E-state index in [2.05, 4.69) is 34.1 Å². The molecule has 6 nitrogen and oxygen atoms in total. The molecular formula is C13H21N3O3. The quantitative estimate of drug-likeness (QED) is 0.758. The number of aromatic nitrogens is 2. The standard InChI is InChI=1S/C13H21N3O3/c1-5-19-8-11(9(2)3)14-12-7-6-10(15-16-12)13(17)18-4/h6-7,9,11H,5,8H2,1-4H3,(H,14,16). The molecule has 1 unspecified atom stereocenters. The molecule has 1 atom stereocenters. The van der Waals surface area contributed by atoms with Crippen molar-refractivity contribution >= 4 is 11.8 Å². The molecule has 0 amide bonds. The molecule has 1 aromatic rings. The van der Waals surface area contributed by atoms with Crippen molar-refractivity contribution < 1.29 is 14.3 Å². The average molecular weight is 267 g/mol. The van der Waals surface area contributed by atoms with Crippen LogP contribution in [0.2, 0.25) is 0 Å². The van der Waals surface area contributed by atoms with Gasteiger partial charge >= 0.3 is 5.97 Å². The van der Waals surface area contributed by atoms with Crippen LogP contribution in [0.1, 0.15) is 31.3 Å². The Kier molecular flexibility index (Phi) is 6.21. The second kappa shape index (κ2) is 7.68. The van der Waals surface area contributed by atoms with E-state index in [0.29, 0.717) is 24.9 Å². The Bertz CT molecular complexity index is 393. The van der Waals surface area contributed by atoms with E-state index in [0.717, 1.165) is 0 Å². The fourth-order valence-corrected chi connectivity index (χ4v) is 1.46. The van der Waals surface area contributed by atoms with Gasteiger partial charge in [-0.3, -0.25) is 0 Å². The molecule has 0 aromatic carbocycles. The van der Waals surface area contributed by atoms with Crippen molar-refractivity contribution in [3.8, 4) is 0 Å². The monoisotopic (exact) mass is 267 g/mol. The Labute approximate surface area is 113 Å². The van der Waals surface area contributed by atoms with Crippen molar-refractivity contribution in [1.29, 1.82) is 0 Å². The van der Waals surface area contributed by atoms with E-state index in [-0.39, 0.29) is 11.7 Å². The summed E-state index contributed by atoms with van der Waals surface area (Å²) in [6.07, 6.45) is 0. The van der Waals surface area contributed by atoms with Crippen LogP contribution < -0.4 is 5.32 Å². The molecule has 0 aliphatic carbocycles. The third-order valence-electron chi connectivity index (χ3n) is 2.70. The van der Waals surface area contributed by atoms with Gasteiger partial charge in [-0.05, 0) is 25.0 Å². The Hall–Kier alpha value is -1.69. The molecule has 0 spiro atoms. The largest absolute Gasteiger partial charge is 0.464 e. The van der Waals surface area contributed by atoms with Crippen LogP contribution >= 0.6 is 0 Å². The highest BCUT2D eigenvalue weighted by Gasteiger charge is 2.15. The highest BCUT2D eigenvalue weighted by Crippen LogP contribution is 2.10. The van der Waals surface area contributed by atoms with Gasteiger partial charge < -0.3 is 14.8 Å². The number of carbonyl (C=O) groups excluding carboxylic acids is 1. The number of hydrogen-bond donors (Lipinski definition) is 1. The molecule has 106 valence electrons. The van der Waals surface area contributed by atoms with Crippen molar-refractivity contribution in [1.82, 2.24) is 10.2 Å². The third kappa shape index (κ3) is 4.82. The Morgan fingerprint density at radius 1 is 1.37 bits per heavy atom. The minimum absolute atomic E-state index is 0.151. The molecule has 1 aromatic heterocycles. The third-order valence-corrected chi connectivity index (χ3v) is 2.70. The minimum atomic E-state index is -0.492. The number of methoxy groups -OCH3 is 1. The zero-order valence-electron chi connectivity index (χ0n) is 11.8.